The molecule has 0 aliphatic rings. The molecule has 0 saturated heterocycles. The van der Waals surface area contributed by atoms with E-state index in [-0.39, 0.29) is 219 Å². The molecule has 0 radical (unpaired) electrons. The van der Waals surface area contributed by atoms with Gasteiger partial charge in [0.1, 0.15) is 67.1 Å². The molecule has 0 fully saturated rings. The van der Waals surface area contributed by atoms with Crippen molar-refractivity contribution in [3.63, 3.8) is 0 Å². The van der Waals surface area contributed by atoms with Crippen LogP contribution in [0.15, 0.2) is 48.5 Å². The number of carboxylic acids is 4. The number of nitrogens with one attached hydrogen (secondary N) is 5. The largest absolute Gasteiger partial charge is 0.494 e. The molecule has 5 amide bonds. The molecule has 2 aromatic rings. The van der Waals surface area contributed by atoms with E-state index in [4.69, 9.17) is 63.3 Å². The Morgan fingerprint density at radius 1 is 0.325 bits per heavy atom. The zero-order valence-electron chi connectivity index (χ0n) is 71.1. The topological polar surface area (TPSA) is 498 Å². The van der Waals surface area contributed by atoms with Crippen LogP contribution >= 0.6 is 0 Å². The predicted molar refractivity (Wildman–Crippen MR) is 444 cm³/mol. The molecule has 680 valence electrons. The molecule has 1 unspecified atom stereocenters. The fourth-order valence-corrected chi connectivity index (χ4v) is 11.4. The van der Waals surface area contributed by atoms with E-state index in [1.165, 1.54) is 31.2 Å². The molecule has 0 aliphatic carbocycles. The van der Waals surface area contributed by atoms with E-state index in [2.05, 4.69) is 26.6 Å². The monoisotopic (exact) mass is 1700 g/mol. The summed E-state index contributed by atoms with van der Waals surface area (Å²) in [5.41, 5.74) is 6.11. The van der Waals surface area contributed by atoms with E-state index in [1.807, 2.05) is 6.92 Å². The Labute approximate surface area is 706 Å². The van der Waals surface area contributed by atoms with Gasteiger partial charge in [-0.3, -0.25) is 52.7 Å². The number of rotatable bonds is 81. The van der Waals surface area contributed by atoms with Crippen molar-refractivity contribution in [2.24, 2.45) is 17.6 Å². The van der Waals surface area contributed by atoms with Gasteiger partial charge in [-0.05, 0) is 146 Å². The highest BCUT2D eigenvalue weighted by Crippen LogP contribution is 2.19. The molecule has 0 spiro atoms. The van der Waals surface area contributed by atoms with Gasteiger partial charge in [0.25, 0.3) is 0 Å². The summed E-state index contributed by atoms with van der Waals surface area (Å²) in [6.07, 6.45) is 19.5. The normalized spacial score (nSPS) is 12.0. The molecule has 2 aromatic carbocycles. The van der Waals surface area contributed by atoms with Gasteiger partial charge in [-0.1, -0.05) is 77.6 Å². The molecule has 0 bridgehead atoms. The number of unbranched alkanes of at least 4 members (excludes halogenated alkanes) is 14. The maximum atomic E-state index is 12.4. The fraction of sp³-hybridized carbons (Fsp3) is 0.698. The van der Waals surface area contributed by atoms with Crippen LogP contribution in [0.5, 0.6) is 11.5 Å². The van der Waals surface area contributed by atoms with Crippen molar-refractivity contribution in [2.75, 3.05) is 145 Å². The molecule has 0 aromatic heterocycles. The Balaban J connectivity index is 0.00000120. The van der Waals surface area contributed by atoms with Gasteiger partial charge in [0.15, 0.2) is 5.78 Å². The number of ketones is 5. The maximum absolute atomic E-state index is 12.4. The van der Waals surface area contributed by atoms with Gasteiger partial charge in [0, 0.05) is 90.3 Å². The number of carbonyl (C=O) groups is 14. The van der Waals surface area contributed by atoms with Crippen molar-refractivity contribution in [3.8, 4) is 11.5 Å². The number of amides is 5. The Morgan fingerprint density at radius 2 is 0.717 bits per heavy atom. The molecule has 0 heterocycles. The van der Waals surface area contributed by atoms with Gasteiger partial charge in [-0.2, -0.15) is 0 Å². The fourth-order valence-electron chi connectivity index (χ4n) is 11.4. The van der Waals surface area contributed by atoms with E-state index >= 15 is 0 Å². The Kier molecular flexibility index (Phi) is 67.5. The summed E-state index contributed by atoms with van der Waals surface area (Å²) in [7, 11) is 0. The third kappa shape index (κ3) is 66.0. The van der Waals surface area contributed by atoms with Crippen LogP contribution in [0.1, 0.15) is 241 Å². The number of Topliss-reactive ketones (excluding diaryl/α,β-unsaturated/α-hetero) is 5. The maximum Gasteiger partial charge on any atom is 0.335 e. The van der Waals surface area contributed by atoms with Crippen molar-refractivity contribution in [2.45, 2.75) is 232 Å². The SMILES string of the molecule is CC(=O)C(N)CCCCNC(=O)COCCOCCCC(=O)COCCOCCNC(=O)CC[C@H](CC(=O)CCCCCCCCCOc1ccc(C(=O)O)cc1)C(=O)O.CC(=O)[C@@H](C)CCCCNC(=O)COCCOCCNC(=O)COCCOCCCC(=O)CC[C@H](NC(=O)CCCCCCCCCOc1ccc(C(=O)O)cc1)C(=O)O. The second kappa shape index (κ2) is 74.1. The van der Waals surface area contributed by atoms with Gasteiger partial charge < -0.3 is 100 Å². The van der Waals surface area contributed by atoms with Gasteiger partial charge in [-0.15, -0.1) is 0 Å². The molecule has 120 heavy (non-hydrogen) atoms. The smallest absolute Gasteiger partial charge is 0.335 e. The van der Waals surface area contributed by atoms with E-state index < -0.39 is 41.9 Å². The summed E-state index contributed by atoms with van der Waals surface area (Å²) in [5, 5.41) is 50.4. The average Bonchev–Trinajstić information content (AvgIpc) is 0.894. The zero-order valence-corrected chi connectivity index (χ0v) is 71.1. The highest BCUT2D eigenvalue weighted by molar-refractivity contribution is 5.89. The number of benzene rings is 2. The zero-order chi connectivity index (χ0) is 88.4. The molecule has 34 nitrogen and oxygen atoms in total. The lowest BCUT2D eigenvalue weighted by atomic mass is 9.94. The number of carboxylic acid groups (broad SMARTS) is 4. The molecule has 34 heteroatoms. The third-order valence-electron chi connectivity index (χ3n) is 18.7. The Morgan fingerprint density at radius 3 is 1.16 bits per heavy atom. The highest BCUT2D eigenvalue weighted by Gasteiger charge is 2.24. The van der Waals surface area contributed by atoms with Crippen LogP contribution in [0.2, 0.25) is 0 Å². The van der Waals surface area contributed by atoms with Gasteiger partial charge >= 0.3 is 23.9 Å². The van der Waals surface area contributed by atoms with Gasteiger partial charge in [0.2, 0.25) is 29.5 Å². The first-order chi connectivity index (χ1) is 57.8. The molecular formula is C86H138N6O28. The van der Waals surface area contributed by atoms with Crippen molar-refractivity contribution in [3.05, 3.63) is 59.7 Å². The molecule has 11 N–H and O–H groups in total. The number of ether oxygens (including phenoxy) is 10. The highest BCUT2D eigenvalue weighted by atomic mass is 16.5. The standard InChI is InChI=1S/2C43H69N3O14/c1-33(34(2)47)13-9-10-22-44-40(50)31-59-30-28-57-26-23-45-41(51)32-58-29-27-56-24-12-14-36(48)18-21-38(43(54)55)46-39(49)15-8-6-4-3-5-7-11-25-60-37-19-16-35(17-20-37)42(52)53;1-33(47)39(44)14-8-9-21-45-41(51)32-59-29-26-56-23-11-13-37(49)31-58-28-27-57-25-22-46-40(50)20-17-35(43(54)55)30-36(48)12-7-5-3-2-4-6-10-24-60-38-18-15-34(16-19-38)42(52)53/h16-17,19-20,33,38H,3-15,18,21-32H2,1-2H3,(H,44,50)(H,45,51)(H,46,49)(H,52,53)(H,54,55);15-16,18-19,35,39H,2-14,17,20-32,44H2,1H3,(H,45,51)(H,46,50)(H,52,53)(H,54,55)/t33-,38-;35-,39?/m01/s1. The lowest BCUT2D eigenvalue weighted by molar-refractivity contribution is -0.144. The van der Waals surface area contributed by atoms with Crippen LogP contribution in [0.4, 0.5) is 0 Å². The quantitative estimate of drug-likeness (QED) is 0.0278. The van der Waals surface area contributed by atoms with Gasteiger partial charge in [-0.25, -0.2) is 14.4 Å². The molecule has 0 aliphatic heterocycles. The number of carbonyl (C=O) groups excluding carboxylic acids is 10. The van der Waals surface area contributed by atoms with Gasteiger partial charge in [0.05, 0.1) is 102 Å². The first-order valence-electron chi connectivity index (χ1n) is 42.4. The van der Waals surface area contributed by atoms with Crippen molar-refractivity contribution < 1.29 is 135 Å². The van der Waals surface area contributed by atoms with E-state index in [9.17, 15) is 77.3 Å². The van der Waals surface area contributed by atoms with Crippen LogP contribution in [0.25, 0.3) is 0 Å². The van der Waals surface area contributed by atoms with E-state index in [0.29, 0.717) is 103 Å². The van der Waals surface area contributed by atoms with Crippen LogP contribution in [0, 0.1) is 11.8 Å². The Bertz CT molecular complexity index is 2990. The van der Waals surface area contributed by atoms with Crippen LogP contribution in [-0.4, -0.2) is 260 Å². The van der Waals surface area contributed by atoms with Crippen molar-refractivity contribution in [1.29, 1.82) is 0 Å². The van der Waals surface area contributed by atoms with Crippen LogP contribution < -0.4 is 41.8 Å². The summed E-state index contributed by atoms with van der Waals surface area (Å²) in [4.78, 5) is 164. The number of hydrogen-bond acceptors (Lipinski definition) is 25. The second-order valence-corrected chi connectivity index (χ2v) is 29.2. The van der Waals surface area contributed by atoms with E-state index in [0.717, 1.165) is 109 Å². The number of aliphatic carboxylic acids is 2. The second-order valence-electron chi connectivity index (χ2n) is 29.2. The summed E-state index contributed by atoms with van der Waals surface area (Å²) in [6, 6.07) is 11.0. The minimum atomic E-state index is -1.18. The summed E-state index contributed by atoms with van der Waals surface area (Å²) in [5.74, 6) is -5.38. The predicted octanol–water partition coefficient (Wildman–Crippen LogP) is 8.34. The molecule has 2 rings (SSSR count). The van der Waals surface area contributed by atoms with E-state index in [1.54, 1.807) is 31.2 Å². The number of nitrogens with two attached hydrogens (primary N) is 1. The average molecular weight is 1700 g/mol. The van der Waals surface area contributed by atoms with Crippen LogP contribution in [0.3, 0.4) is 0 Å². The first kappa shape index (κ1) is 109. The summed E-state index contributed by atoms with van der Waals surface area (Å²) in [6.45, 7) is 10.3. The molecule has 4 atom stereocenters. The van der Waals surface area contributed by atoms with Crippen LogP contribution in [-0.2, 0) is 95.4 Å². The molecular weight excluding hydrogens is 1560 g/mol. The lowest BCUT2D eigenvalue weighted by Gasteiger charge is -2.14. The number of hydrogen-bond donors (Lipinski definition) is 10. The molecule has 0 saturated carbocycles. The summed E-state index contributed by atoms with van der Waals surface area (Å²) < 4.78 is 54.1. The minimum absolute atomic E-state index is 0.0147. The van der Waals surface area contributed by atoms with Crippen molar-refractivity contribution >= 4 is 82.3 Å². The minimum Gasteiger partial charge on any atom is -0.494 e. The summed E-state index contributed by atoms with van der Waals surface area (Å²) >= 11 is 0. The number of aromatic carboxylic acids is 2. The Hall–Kier alpha value is -8.74. The first-order valence-corrected chi connectivity index (χ1v) is 42.4. The lowest BCUT2D eigenvalue weighted by Crippen LogP contribution is -2.41. The van der Waals surface area contributed by atoms with Crippen molar-refractivity contribution in [1.82, 2.24) is 26.6 Å². The third-order valence-corrected chi connectivity index (χ3v) is 18.7.